The van der Waals surface area contributed by atoms with Crippen LogP contribution in [0.25, 0.3) is 0 Å². The number of hydrogen-bond acceptors (Lipinski definition) is 3. The maximum absolute atomic E-state index is 10.7. The molecule has 1 rings (SSSR count). The molecule has 0 aliphatic heterocycles. The van der Waals surface area contributed by atoms with E-state index in [1.165, 1.54) is 0 Å². The summed E-state index contributed by atoms with van der Waals surface area (Å²) in [5.41, 5.74) is 0.848. The van der Waals surface area contributed by atoms with Crippen LogP contribution in [0.1, 0.15) is 39.5 Å². The number of unbranched alkanes of at least 4 members (excludes halogenated alkanes) is 1. The Morgan fingerprint density at radius 1 is 1.33 bits per heavy atom. The summed E-state index contributed by atoms with van der Waals surface area (Å²) < 4.78 is 4.81. The average Bonchev–Trinajstić information content (AvgIpc) is 3.12. The van der Waals surface area contributed by atoms with Gasteiger partial charge in [0.05, 0.1) is 6.61 Å². The number of rotatable bonds is 6. The van der Waals surface area contributed by atoms with Crippen LogP contribution in [0.2, 0.25) is 0 Å². The molecule has 0 saturated heterocycles. The van der Waals surface area contributed by atoms with Gasteiger partial charge in [0.15, 0.2) is 0 Å². The highest BCUT2D eigenvalue weighted by atomic mass is 16.5. The van der Waals surface area contributed by atoms with Gasteiger partial charge in [-0.2, -0.15) is 0 Å². The lowest BCUT2D eigenvalue weighted by Gasteiger charge is -2.01. The van der Waals surface area contributed by atoms with Gasteiger partial charge in [-0.25, -0.2) is 9.59 Å². The molecule has 18 heavy (non-hydrogen) atoms. The second-order valence-electron chi connectivity index (χ2n) is 4.37. The Bertz CT molecular complexity index is 327. The van der Waals surface area contributed by atoms with Gasteiger partial charge in [0, 0.05) is 11.1 Å². The molecule has 0 aromatic rings. The SMILES string of the molecule is C=C(C(=O)O)C1CC1.C=C(C)C(=O)OCCCC. The molecular weight excluding hydrogens is 232 g/mol. The minimum Gasteiger partial charge on any atom is -0.478 e. The van der Waals surface area contributed by atoms with Gasteiger partial charge >= 0.3 is 11.9 Å². The van der Waals surface area contributed by atoms with E-state index in [2.05, 4.69) is 20.1 Å². The summed E-state index contributed by atoms with van der Waals surface area (Å²) in [7, 11) is 0. The molecule has 0 radical (unpaired) electrons. The van der Waals surface area contributed by atoms with E-state index in [4.69, 9.17) is 9.84 Å². The standard InChI is InChI=1S/C8H14O2.C6H8O2/c1-4-5-6-10-8(9)7(2)3;1-4(6(7)8)5-2-3-5/h2,4-6H2,1,3H3;5H,1-3H2,(H,7,8). The van der Waals surface area contributed by atoms with Gasteiger partial charge in [-0.1, -0.05) is 26.5 Å². The molecule has 0 aromatic heterocycles. The van der Waals surface area contributed by atoms with Gasteiger partial charge < -0.3 is 9.84 Å². The molecule has 1 fully saturated rings. The number of carbonyl (C=O) groups is 2. The number of esters is 1. The second-order valence-corrected chi connectivity index (χ2v) is 4.37. The van der Waals surface area contributed by atoms with E-state index in [9.17, 15) is 9.59 Å². The minimum absolute atomic E-state index is 0.284. The van der Waals surface area contributed by atoms with Crippen LogP contribution in [0.15, 0.2) is 24.3 Å². The molecule has 1 aliphatic carbocycles. The van der Waals surface area contributed by atoms with E-state index in [-0.39, 0.29) is 5.97 Å². The van der Waals surface area contributed by atoms with Crippen molar-refractivity contribution in [3.05, 3.63) is 24.3 Å². The van der Waals surface area contributed by atoms with Crippen molar-refractivity contribution >= 4 is 11.9 Å². The van der Waals surface area contributed by atoms with Crippen LogP contribution in [0.4, 0.5) is 0 Å². The number of aliphatic carboxylic acids is 1. The van der Waals surface area contributed by atoms with E-state index >= 15 is 0 Å². The fourth-order valence-electron chi connectivity index (χ4n) is 1.04. The highest BCUT2D eigenvalue weighted by Crippen LogP contribution is 2.35. The van der Waals surface area contributed by atoms with Gasteiger partial charge in [0.25, 0.3) is 0 Å². The first kappa shape index (κ1) is 16.4. The predicted octanol–water partition coefficient (Wildman–Crippen LogP) is 2.94. The first-order valence-corrected chi connectivity index (χ1v) is 6.14. The molecule has 4 nitrogen and oxygen atoms in total. The molecule has 102 valence electrons. The van der Waals surface area contributed by atoms with E-state index in [0.29, 0.717) is 23.7 Å². The first-order chi connectivity index (χ1) is 8.40. The molecule has 0 atom stereocenters. The molecule has 1 N–H and O–H groups in total. The number of carbonyl (C=O) groups excluding carboxylic acids is 1. The smallest absolute Gasteiger partial charge is 0.333 e. The second kappa shape index (κ2) is 8.50. The summed E-state index contributed by atoms with van der Waals surface area (Å²) >= 11 is 0. The van der Waals surface area contributed by atoms with Gasteiger partial charge in [-0.15, -0.1) is 0 Å². The number of carboxylic acids is 1. The topological polar surface area (TPSA) is 63.6 Å². The monoisotopic (exact) mass is 254 g/mol. The summed E-state index contributed by atoms with van der Waals surface area (Å²) in [6.07, 6.45) is 4.01. The fourth-order valence-corrected chi connectivity index (χ4v) is 1.04. The van der Waals surface area contributed by atoms with Crippen LogP contribution in [0.3, 0.4) is 0 Å². The van der Waals surface area contributed by atoms with E-state index in [1.54, 1.807) is 6.92 Å². The molecule has 0 aromatic carbocycles. The van der Waals surface area contributed by atoms with Crippen LogP contribution in [-0.2, 0) is 14.3 Å². The van der Waals surface area contributed by atoms with Gasteiger partial charge in [-0.3, -0.25) is 0 Å². The van der Waals surface area contributed by atoms with E-state index < -0.39 is 5.97 Å². The summed E-state index contributed by atoms with van der Waals surface area (Å²) in [5.74, 6) is -0.826. The molecule has 0 bridgehead atoms. The Morgan fingerprint density at radius 3 is 2.17 bits per heavy atom. The van der Waals surface area contributed by atoms with Gasteiger partial charge in [0.2, 0.25) is 0 Å². The highest BCUT2D eigenvalue weighted by molar-refractivity contribution is 5.87. The number of carboxylic acid groups (broad SMARTS) is 1. The molecular formula is C14H22O4. The lowest BCUT2D eigenvalue weighted by atomic mass is 10.2. The zero-order valence-corrected chi connectivity index (χ0v) is 11.2. The van der Waals surface area contributed by atoms with Crippen LogP contribution in [0.5, 0.6) is 0 Å². The maximum Gasteiger partial charge on any atom is 0.333 e. The molecule has 0 unspecified atom stereocenters. The Balaban J connectivity index is 0.000000327. The number of hydrogen-bond donors (Lipinski definition) is 1. The van der Waals surface area contributed by atoms with Gasteiger partial charge in [0.1, 0.15) is 0 Å². The fraction of sp³-hybridized carbons (Fsp3) is 0.571. The van der Waals surface area contributed by atoms with Crippen molar-refractivity contribution in [3.63, 3.8) is 0 Å². The molecule has 4 heteroatoms. The van der Waals surface area contributed by atoms with Crippen molar-refractivity contribution < 1.29 is 19.4 Å². The largest absolute Gasteiger partial charge is 0.478 e. The molecule has 1 aliphatic rings. The van der Waals surface area contributed by atoms with Crippen molar-refractivity contribution in [2.75, 3.05) is 6.61 Å². The maximum atomic E-state index is 10.7. The zero-order chi connectivity index (χ0) is 14.1. The van der Waals surface area contributed by atoms with Crippen molar-refractivity contribution in [3.8, 4) is 0 Å². The van der Waals surface area contributed by atoms with Crippen LogP contribution < -0.4 is 0 Å². The van der Waals surface area contributed by atoms with E-state index in [1.807, 2.05) is 0 Å². The van der Waals surface area contributed by atoms with E-state index in [0.717, 1.165) is 25.7 Å². The van der Waals surface area contributed by atoms with Crippen molar-refractivity contribution in [2.24, 2.45) is 5.92 Å². The summed E-state index contributed by atoms with van der Waals surface area (Å²) in [4.78, 5) is 20.8. The Morgan fingerprint density at radius 2 is 1.89 bits per heavy atom. The third kappa shape index (κ3) is 7.65. The normalized spacial score (nSPS) is 13.0. The molecule has 0 spiro atoms. The Labute approximate surface area is 108 Å². The van der Waals surface area contributed by atoms with Crippen LogP contribution in [-0.4, -0.2) is 23.7 Å². The number of ether oxygens (including phenoxy) is 1. The van der Waals surface area contributed by atoms with Crippen molar-refractivity contribution in [2.45, 2.75) is 39.5 Å². The highest BCUT2D eigenvalue weighted by Gasteiger charge is 2.28. The lowest BCUT2D eigenvalue weighted by molar-refractivity contribution is -0.139. The summed E-state index contributed by atoms with van der Waals surface area (Å²) in [6.45, 7) is 11.1. The lowest BCUT2D eigenvalue weighted by Crippen LogP contribution is -2.05. The average molecular weight is 254 g/mol. The van der Waals surface area contributed by atoms with Crippen LogP contribution in [0, 0.1) is 5.92 Å². The van der Waals surface area contributed by atoms with Crippen LogP contribution >= 0.6 is 0 Å². The third-order valence-electron chi connectivity index (χ3n) is 2.42. The summed E-state index contributed by atoms with van der Waals surface area (Å²) in [6, 6.07) is 0. The molecule has 0 amide bonds. The zero-order valence-electron chi connectivity index (χ0n) is 11.2. The van der Waals surface area contributed by atoms with Crippen molar-refractivity contribution in [1.29, 1.82) is 0 Å². The third-order valence-corrected chi connectivity index (χ3v) is 2.42. The molecule has 0 heterocycles. The summed E-state index contributed by atoms with van der Waals surface area (Å²) in [5, 5.41) is 8.29. The quantitative estimate of drug-likeness (QED) is 0.449. The minimum atomic E-state index is -0.840. The molecule has 1 saturated carbocycles. The predicted molar refractivity (Wildman–Crippen MR) is 70.2 cm³/mol. The van der Waals surface area contributed by atoms with Crippen molar-refractivity contribution in [1.82, 2.24) is 0 Å². The van der Waals surface area contributed by atoms with Gasteiger partial charge in [-0.05, 0) is 32.1 Å². The Kier molecular flexibility index (Phi) is 7.76. The Hall–Kier alpha value is -1.58. The first-order valence-electron chi connectivity index (χ1n) is 6.14.